The molecule has 3 rings (SSSR count). The molecule has 1 atom stereocenters. The van der Waals surface area contributed by atoms with Crippen LogP contribution in [0.4, 0.5) is 13.2 Å². The Kier molecular flexibility index (Phi) is 8.07. The zero-order valence-corrected chi connectivity index (χ0v) is 18.6. The van der Waals surface area contributed by atoms with E-state index in [4.69, 9.17) is 30.5 Å². The van der Waals surface area contributed by atoms with Gasteiger partial charge in [0.15, 0.2) is 12.1 Å². The average molecular weight is 480 g/mol. The van der Waals surface area contributed by atoms with Crippen molar-refractivity contribution >= 4 is 28.5 Å². The van der Waals surface area contributed by atoms with E-state index >= 15 is 0 Å². The summed E-state index contributed by atoms with van der Waals surface area (Å²) in [6.07, 6.45) is -2.35. The van der Waals surface area contributed by atoms with Gasteiger partial charge in [0, 0.05) is 32.5 Å². The Balaban J connectivity index is 1.62. The minimum Gasteiger partial charge on any atom is -0.486 e. The van der Waals surface area contributed by atoms with Crippen molar-refractivity contribution in [1.29, 1.82) is 0 Å². The van der Waals surface area contributed by atoms with Gasteiger partial charge >= 0.3 is 0 Å². The predicted octanol–water partition coefficient (Wildman–Crippen LogP) is 3.43. The summed E-state index contributed by atoms with van der Waals surface area (Å²) >= 11 is 6.24. The van der Waals surface area contributed by atoms with Gasteiger partial charge in [-0.15, -0.1) is 0 Å². The third kappa shape index (κ3) is 5.96. The van der Waals surface area contributed by atoms with Crippen molar-refractivity contribution in [1.82, 2.24) is 14.9 Å². The fourth-order valence-electron chi connectivity index (χ4n) is 3.34. The maximum Gasteiger partial charge on any atom is 0.297 e. The Morgan fingerprint density at radius 1 is 1.41 bits per heavy atom. The topological polar surface area (TPSA) is 83.8 Å². The smallest absolute Gasteiger partial charge is 0.297 e. The highest BCUT2D eigenvalue weighted by atomic mass is 35.5. The molecule has 178 valence electrons. The van der Waals surface area contributed by atoms with Gasteiger partial charge in [-0.05, 0) is 13.3 Å². The van der Waals surface area contributed by atoms with Crippen molar-refractivity contribution in [2.75, 3.05) is 19.8 Å². The van der Waals surface area contributed by atoms with E-state index in [2.05, 4.69) is 10.3 Å². The van der Waals surface area contributed by atoms with Crippen molar-refractivity contribution in [3.63, 3.8) is 0 Å². The fraction of sp³-hybridized carbons (Fsp3) is 0.600. The normalized spacial score (nSPS) is 19.9. The molecule has 1 amide bonds. The lowest BCUT2D eigenvalue weighted by Crippen LogP contribution is -2.40. The van der Waals surface area contributed by atoms with Crippen LogP contribution < -0.4 is 14.8 Å². The van der Waals surface area contributed by atoms with Crippen LogP contribution in [-0.4, -0.2) is 60.1 Å². The monoisotopic (exact) mass is 479 g/mol. The summed E-state index contributed by atoms with van der Waals surface area (Å²) in [7, 11) is 1.56. The number of nitrogens with zero attached hydrogens (tertiary/aromatic N) is 2. The zero-order valence-electron chi connectivity index (χ0n) is 17.9. The number of halogens is 4. The predicted molar refractivity (Wildman–Crippen MR) is 110 cm³/mol. The summed E-state index contributed by atoms with van der Waals surface area (Å²) in [5, 5.41) is 2.75. The molecule has 0 unspecified atom stereocenters. The minimum atomic E-state index is -2.72. The molecule has 32 heavy (non-hydrogen) atoms. The van der Waals surface area contributed by atoms with E-state index < -0.39 is 31.2 Å². The molecule has 1 aromatic carbocycles. The molecule has 0 radical (unpaired) electrons. The molecule has 2 heterocycles. The van der Waals surface area contributed by atoms with Crippen LogP contribution in [0.15, 0.2) is 6.07 Å². The number of benzene rings is 1. The van der Waals surface area contributed by atoms with Gasteiger partial charge in [0.2, 0.25) is 5.91 Å². The van der Waals surface area contributed by atoms with Crippen LogP contribution >= 0.6 is 11.6 Å². The van der Waals surface area contributed by atoms with Gasteiger partial charge in [-0.1, -0.05) is 11.6 Å². The molecule has 0 saturated carbocycles. The lowest BCUT2D eigenvalue weighted by Gasteiger charge is -2.30. The van der Waals surface area contributed by atoms with Crippen LogP contribution in [0.2, 0.25) is 5.02 Å². The van der Waals surface area contributed by atoms with Crippen molar-refractivity contribution in [3.05, 3.63) is 16.9 Å². The number of aromatic nitrogens is 2. The largest absolute Gasteiger partial charge is 0.486 e. The van der Waals surface area contributed by atoms with E-state index in [1.54, 1.807) is 7.05 Å². The average Bonchev–Trinajstić information content (AvgIpc) is 3.05. The molecule has 1 aliphatic rings. The number of aryl methyl sites for hydroxylation is 1. The maximum atomic E-state index is 14.5. The van der Waals surface area contributed by atoms with Crippen molar-refractivity contribution < 1.29 is 36.9 Å². The molecule has 2 aromatic rings. The molecule has 12 heteroatoms. The third-order valence-corrected chi connectivity index (χ3v) is 5.19. The molecule has 0 spiro atoms. The van der Waals surface area contributed by atoms with E-state index in [1.165, 1.54) is 11.5 Å². The summed E-state index contributed by atoms with van der Waals surface area (Å²) in [5.41, 5.74) is 0.0905. The Morgan fingerprint density at radius 3 is 2.72 bits per heavy atom. The number of hydrogen-bond donors (Lipinski definition) is 1. The molecular weight excluding hydrogens is 455 g/mol. The molecule has 0 aliphatic carbocycles. The second kappa shape index (κ2) is 10.6. The van der Waals surface area contributed by atoms with E-state index in [0.717, 1.165) is 6.07 Å². The molecule has 1 aromatic heterocycles. The van der Waals surface area contributed by atoms with E-state index in [0.29, 0.717) is 12.8 Å². The summed E-state index contributed by atoms with van der Waals surface area (Å²) in [4.78, 5) is 15.2. The first-order valence-corrected chi connectivity index (χ1v) is 10.5. The summed E-state index contributed by atoms with van der Waals surface area (Å²) in [6.45, 7) is 2.90. The van der Waals surface area contributed by atoms with E-state index in [9.17, 15) is 18.0 Å². The Labute approximate surface area is 187 Å². The first-order valence-electron chi connectivity index (χ1n) is 10.1. The van der Waals surface area contributed by atoms with Gasteiger partial charge < -0.3 is 24.3 Å². The molecular formula is C20H25ClF3N3O5. The highest BCUT2D eigenvalue weighted by molar-refractivity contribution is 6.36. The first kappa shape index (κ1) is 24.4. The van der Waals surface area contributed by atoms with Crippen molar-refractivity contribution in [2.24, 2.45) is 7.05 Å². The molecule has 1 saturated heterocycles. The van der Waals surface area contributed by atoms with Crippen LogP contribution in [0.3, 0.4) is 0 Å². The Bertz CT molecular complexity index is 950. The van der Waals surface area contributed by atoms with Crippen LogP contribution in [0, 0.1) is 5.82 Å². The van der Waals surface area contributed by atoms with Crippen molar-refractivity contribution in [2.45, 2.75) is 51.6 Å². The highest BCUT2D eigenvalue weighted by Crippen LogP contribution is 2.37. The number of ether oxygens (including phenoxy) is 4. The summed E-state index contributed by atoms with van der Waals surface area (Å²) < 4.78 is 62.8. The molecule has 1 N–H and O–H groups in total. The number of carbonyl (C=O) groups excluding carboxylic acids is 1. The summed E-state index contributed by atoms with van der Waals surface area (Å²) in [6, 6.07) is 0.994. The standard InChI is InChI=1S/C20H25ClF3N3O5/c1-10(25-11(2)28)4-5-16-30-7-12(8-31-16)32-20-26-18-13(22)6-14(29-9-15(23)24)17(21)19(18)27(20)3/h6,10,12,15-16H,4-5,7-9H2,1-3H3,(H,25,28)/t10-,12-,16-/m0/s1. The van der Waals surface area contributed by atoms with Crippen LogP contribution in [0.1, 0.15) is 26.7 Å². The van der Waals surface area contributed by atoms with E-state index in [-0.39, 0.29) is 53.0 Å². The number of amides is 1. The number of nitrogens with one attached hydrogen (secondary N) is 1. The number of hydrogen-bond acceptors (Lipinski definition) is 6. The number of fused-ring (bicyclic) bond motifs is 1. The molecule has 0 bridgehead atoms. The van der Waals surface area contributed by atoms with Crippen LogP contribution in [0.25, 0.3) is 11.0 Å². The minimum absolute atomic E-state index is 0.00267. The number of rotatable bonds is 9. The Hall–Kier alpha value is -2.24. The molecule has 8 nitrogen and oxygen atoms in total. The van der Waals surface area contributed by atoms with Gasteiger partial charge in [0.25, 0.3) is 12.4 Å². The van der Waals surface area contributed by atoms with Crippen molar-refractivity contribution in [3.8, 4) is 11.8 Å². The lowest BCUT2D eigenvalue weighted by molar-refractivity contribution is -0.215. The number of alkyl halides is 2. The SMILES string of the molecule is CC(=O)N[C@@H](C)CC[C@H]1OC[C@H](Oc2nc3c(F)cc(OCC(F)F)c(Cl)c3n2C)CO1. The Morgan fingerprint density at radius 2 is 2.09 bits per heavy atom. The van der Waals surface area contributed by atoms with Crippen LogP contribution in [-0.2, 0) is 21.3 Å². The number of imidazole rings is 1. The third-order valence-electron chi connectivity index (χ3n) is 4.82. The molecule has 1 fully saturated rings. The second-order valence-corrected chi connectivity index (χ2v) is 7.92. The first-order chi connectivity index (χ1) is 15.2. The maximum absolute atomic E-state index is 14.5. The highest BCUT2D eigenvalue weighted by Gasteiger charge is 2.27. The van der Waals surface area contributed by atoms with Gasteiger partial charge in [-0.2, -0.15) is 4.98 Å². The zero-order chi connectivity index (χ0) is 23.4. The van der Waals surface area contributed by atoms with Gasteiger partial charge in [0.1, 0.15) is 29.0 Å². The quantitative estimate of drug-likeness (QED) is 0.593. The fourth-order valence-corrected chi connectivity index (χ4v) is 3.66. The lowest BCUT2D eigenvalue weighted by atomic mass is 10.1. The van der Waals surface area contributed by atoms with Crippen LogP contribution in [0.5, 0.6) is 11.8 Å². The van der Waals surface area contributed by atoms with Gasteiger partial charge in [-0.25, -0.2) is 13.2 Å². The van der Waals surface area contributed by atoms with Gasteiger partial charge in [0.05, 0.1) is 18.7 Å². The summed E-state index contributed by atoms with van der Waals surface area (Å²) in [5.74, 6) is -1.07. The van der Waals surface area contributed by atoms with Gasteiger partial charge in [-0.3, -0.25) is 9.36 Å². The second-order valence-electron chi connectivity index (χ2n) is 7.54. The number of carbonyl (C=O) groups is 1. The van der Waals surface area contributed by atoms with E-state index in [1.807, 2.05) is 6.92 Å². The molecule has 1 aliphatic heterocycles.